The molecule has 0 amide bonds. The molecule has 1 aliphatic rings. The summed E-state index contributed by atoms with van der Waals surface area (Å²) in [6, 6.07) is 5.97. The normalized spacial score (nSPS) is 23.1. The van der Waals surface area contributed by atoms with Gasteiger partial charge >= 0.3 is 0 Å². The van der Waals surface area contributed by atoms with E-state index in [1.54, 1.807) is 12.1 Å². The van der Waals surface area contributed by atoms with Gasteiger partial charge in [0, 0.05) is 17.3 Å². The fourth-order valence-corrected chi connectivity index (χ4v) is 3.01. The summed E-state index contributed by atoms with van der Waals surface area (Å²) in [5, 5.41) is 3.94. The lowest BCUT2D eigenvalue weighted by atomic mass is 9.74. The molecule has 20 heavy (non-hydrogen) atoms. The summed E-state index contributed by atoms with van der Waals surface area (Å²) in [6.45, 7) is 3.68. The number of hydrogen-bond donors (Lipinski definition) is 1. The molecule has 0 bridgehead atoms. The van der Waals surface area contributed by atoms with Crippen molar-refractivity contribution in [3.05, 3.63) is 35.8 Å². The van der Waals surface area contributed by atoms with Crippen LogP contribution in [0, 0.1) is 11.2 Å². The quantitative estimate of drug-likeness (QED) is 0.871. The molecular formula is C16H18FNO2. The molecule has 1 fully saturated rings. The van der Waals surface area contributed by atoms with Crippen LogP contribution in [-0.2, 0) is 0 Å². The molecule has 0 saturated carbocycles. The average Bonchev–Trinajstić information content (AvgIpc) is 2.90. The lowest BCUT2D eigenvalue weighted by Gasteiger charge is -2.34. The van der Waals surface area contributed by atoms with Crippen LogP contribution in [0.2, 0.25) is 0 Å². The molecule has 3 nitrogen and oxygen atoms in total. The highest BCUT2D eigenvalue weighted by atomic mass is 19.1. The SMILES string of the molecule is CCC1(C(=O)c2cc3cc(F)ccc3o2)CCCNC1. The zero-order chi connectivity index (χ0) is 14.2. The highest BCUT2D eigenvalue weighted by Gasteiger charge is 2.39. The van der Waals surface area contributed by atoms with Gasteiger partial charge in [-0.2, -0.15) is 0 Å². The first-order valence-corrected chi connectivity index (χ1v) is 7.09. The van der Waals surface area contributed by atoms with E-state index in [-0.39, 0.29) is 17.0 Å². The Labute approximate surface area is 117 Å². The van der Waals surface area contributed by atoms with E-state index in [1.165, 1.54) is 12.1 Å². The minimum atomic E-state index is -0.384. The van der Waals surface area contributed by atoms with Crippen LogP contribution in [0.4, 0.5) is 4.39 Å². The first kappa shape index (κ1) is 13.3. The monoisotopic (exact) mass is 275 g/mol. The van der Waals surface area contributed by atoms with Gasteiger partial charge in [0.15, 0.2) is 5.76 Å². The van der Waals surface area contributed by atoms with E-state index in [4.69, 9.17) is 4.42 Å². The van der Waals surface area contributed by atoms with E-state index >= 15 is 0 Å². The molecule has 106 valence electrons. The summed E-state index contributed by atoms with van der Waals surface area (Å²) in [6.07, 6.45) is 2.65. The van der Waals surface area contributed by atoms with Gasteiger partial charge < -0.3 is 9.73 Å². The van der Waals surface area contributed by atoms with Gasteiger partial charge in [-0.15, -0.1) is 0 Å². The lowest BCUT2D eigenvalue weighted by molar-refractivity contribution is 0.0701. The summed E-state index contributed by atoms with van der Waals surface area (Å²) in [4.78, 5) is 12.8. The molecule has 1 unspecified atom stereocenters. The molecule has 1 atom stereocenters. The maximum atomic E-state index is 13.2. The number of furan rings is 1. The summed E-state index contributed by atoms with van der Waals surface area (Å²) in [7, 11) is 0. The maximum absolute atomic E-state index is 13.2. The minimum absolute atomic E-state index is 0.0313. The number of fused-ring (bicyclic) bond motifs is 1. The van der Waals surface area contributed by atoms with Gasteiger partial charge in [-0.1, -0.05) is 6.92 Å². The van der Waals surface area contributed by atoms with E-state index < -0.39 is 0 Å². The summed E-state index contributed by atoms with van der Waals surface area (Å²) in [5.41, 5.74) is 0.176. The number of carbonyl (C=O) groups excluding carboxylic acids is 1. The highest BCUT2D eigenvalue weighted by Crippen LogP contribution is 2.35. The second-order valence-electron chi connectivity index (χ2n) is 5.54. The molecule has 1 aliphatic heterocycles. The van der Waals surface area contributed by atoms with Crippen molar-refractivity contribution in [2.45, 2.75) is 26.2 Å². The molecule has 0 radical (unpaired) electrons. The van der Waals surface area contributed by atoms with Crippen molar-refractivity contribution in [3.63, 3.8) is 0 Å². The number of ketones is 1. The van der Waals surface area contributed by atoms with Crippen molar-refractivity contribution < 1.29 is 13.6 Å². The lowest BCUT2D eigenvalue weighted by Crippen LogP contribution is -2.45. The molecular weight excluding hydrogens is 257 g/mol. The van der Waals surface area contributed by atoms with Crippen molar-refractivity contribution in [2.75, 3.05) is 13.1 Å². The minimum Gasteiger partial charge on any atom is -0.453 e. The van der Waals surface area contributed by atoms with Crippen LogP contribution in [0.1, 0.15) is 36.7 Å². The average molecular weight is 275 g/mol. The second-order valence-corrected chi connectivity index (χ2v) is 5.54. The van der Waals surface area contributed by atoms with Crippen LogP contribution in [0.25, 0.3) is 11.0 Å². The Kier molecular flexibility index (Phi) is 3.34. The van der Waals surface area contributed by atoms with Crippen LogP contribution in [0.3, 0.4) is 0 Å². The Balaban J connectivity index is 1.98. The Hall–Kier alpha value is -1.68. The van der Waals surface area contributed by atoms with Crippen molar-refractivity contribution >= 4 is 16.8 Å². The molecule has 2 aromatic rings. The standard InChI is InChI=1S/C16H18FNO2/c1-2-16(6-3-7-18-10-16)15(19)14-9-11-8-12(17)4-5-13(11)20-14/h4-5,8-9,18H,2-3,6-7,10H2,1H3. The topological polar surface area (TPSA) is 42.2 Å². The van der Waals surface area contributed by atoms with E-state index in [0.717, 1.165) is 25.8 Å². The number of Topliss-reactive ketones (excluding diaryl/α,β-unsaturated/α-hetero) is 1. The van der Waals surface area contributed by atoms with Crippen LogP contribution >= 0.6 is 0 Å². The molecule has 2 heterocycles. The van der Waals surface area contributed by atoms with Gasteiger partial charge in [-0.25, -0.2) is 4.39 Å². The molecule has 1 aromatic heterocycles. The Morgan fingerprint density at radius 3 is 3.00 bits per heavy atom. The number of halogens is 1. The molecule has 1 aromatic carbocycles. The fraction of sp³-hybridized carbons (Fsp3) is 0.438. The Bertz CT molecular complexity index is 641. The summed E-state index contributed by atoms with van der Waals surface area (Å²) < 4.78 is 18.8. The van der Waals surface area contributed by atoms with Gasteiger partial charge in [-0.05, 0) is 50.1 Å². The number of hydrogen-bond acceptors (Lipinski definition) is 3. The number of piperidine rings is 1. The first-order valence-electron chi connectivity index (χ1n) is 7.09. The van der Waals surface area contributed by atoms with E-state index in [0.29, 0.717) is 23.3 Å². The van der Waals surface area contributed by atoms with Gasteiger partial charge in [0.05, 0.1) is 0 Å². The number of benzene rings is 1. The fourth-order valence-electron chi connectivity index (χ4n) is 3.01. The van der Waals surface area contributed by atoms with E-state index in [2.05, 4.69) is 5.32 Å². The van der Waals surface area contributed by atoms with E-state index in [9.17, 15) is 9.18 Å². The van der Waals surface area contributed by atoms with Gasteiger partial charge in [0.1, 0.15) is 11.4 Å². The maximum Gasteiger partial charge on any atom is 0.205 e. The number of rotatable bonds is 3. The second kappa shape index (κ2) is 5.02. The van der Waals surface area contributed by atoms with Crippen molar-refractivity contribution in [2.24, 2.45) is 5.41 Å². The third-order valence-electron chi connectivity index (χ3n) is 4.33. The highest BCUT2D eigenvalue weighted by molar-refractivity contribution is 6.01. The number of nitrogens with one attached hydrogen (secondary N) is 1. The first-order chi connectivity index (χ1) is 9.64. The zero-order valence-electron chi connectivity index (χ0n) is 11.5. The zero-order valence-corrected chi connectivity index (χ0v) is 11.5. The van der Waals surface area contributed by atoms with Crippen molar-refractivity contribution in [1.82, 2.24) is 5.32 Å². The Morgan fingerprint density at radius 1 is 1.45 bits per heavy atom. The third kappa shape index (κ3) is 2.14. The third-order valence-corrected chi connectivity index (χ3v) is 4.33. The predicted molar refractivity (Wildman–Crippen MR) is 75.3 cm³/mol. The largest absolute Gasteiger partial charge is 0.453 e. The van der Waals surface area contributed by atoms with Gasteiger partial charge in [0.2, 0.25) is 5.78 Å². The van der Waals surface area contributed by atoms with E-state index in [1.807, 2.05) is 6.92 Å². The number of carbonyl (C=O) groups is 1. The summed E-state index contributed by atoms with van der Waals surface area (Å²) >= 11 is 0. The molecule has 0 spiro atoms. The molecule has 0 aliphatic carbocycles. The summed E-state index contributed by atoms with van der Waals surface area (Å²) in [5.74, 6) is 0.0572. The molecule has 4 heteroatoms. The van der Waals surface area contributed by atoms with Gasteiger partial charge in [0.25, 0.3) is 0 Å². The van der Waals surface area contributed by atoms with Gasteiger partial charge in [-0.3, -0.25) is 4.79 Å². The predicted octanol–water partition coefficient (Wildman–Crippen LogP) is 3.53. The van der Waals surface area contributed by atoms with Crippen molar-refractivity contribution in [3.8, 4) is 0 Å². The Morgan fingerprint density at radius 2 is 2.30 bits per heavy atom. The van der Waals surface area contributed by atoms with Crippen LogP contribution in [-0.4, -0.2) is 18.9 Å². The molecule has 1 N–H and O–H groups in total. The molecule has 1 saturated heterocycles. The molecule has 3 rings (SSSR count). The van der Waals surface area contributed by atoms with Crippen LogP contribution in [0.5, 0.6) is 0 Å². The van der Waals surface area contributed by atoms with Crippen molar-refractivity contribution in [1.29, 1.82) is 0 Å². The van der Waals surface area contributed by atoms with Crippen LogP contribution < -0.4 is 5.32 Å². The van der Waals surface area contributed by atoms with Crippen LogP contribution in [0.15, 0.2) is 28.7 Å². The smallest absolute Gasteiger partial charge is 0.205 e.